The van der Waals surface area contributed by atoms with Gasteiger partial charge in [-0.3, -0.25) is 0 Å². The molecule has 2 unspecified atom stereocenters. The summed E-state index contributed by atoms with van der Waals surface area (Å²) in [7, 11) is 0. The van der Waals surface area contributed by atoms with Gasteiger partial charge in [-0.05, 0) is 50.1 Å². The summed E-state index contributed by atoms with van der Waals surface area (Å²) in [5, 5.41) is 3.66. The van der Waals surface area contributed by atoms with E-state index in [9.17, 15) is 0 Å². The van der Waals surface area contributed by atoms with Crippen molar-refractivity contribution < 1.29 is 0 Å². The molecule has 0 aromatic heterocycles. The van der Waals surface area contributed by atoms with Gasteiger partial charge in [0.25, 0.3) is 0 Å². The highest BCUT2D eigenvalue weighted by Gasteiger charge is 2.27. The minimum absolute atomic E-state index is 0.437. The molecule has 1 N–H and O–H groups in total. The van der Waals surface area contributed by atoms with E-state index < -0.39 is 0 Å². The van der Waals surface area contributed by atoms with Gasteiger partial charge in [0.15, 0.2) is 0 Å². The molecule has 1 saturated heterocycles. The zero-order chi connectivity index (χ0) is 14.3. The van der Waals surface area contributed by atoms with Crippen LogP contribution in [0.4, 0.5) is 0 Å². The van der Waals surface area contributed by atoms with Crippen molar-refractivity contribution in [1.82, 2.24) is 10.2 Å². The summed E-state index contributed by atoms with van der Waals surface area (Å²) in [6.45, 7) is 16.7. The van der Waals surface area contributed by atoms with Gasteiger partial charge >= 0.3 is 0 Å². The van der Waals surface area contributed by atoms with Crippen LogP contribution in [0.3, 0.4) is 0 Å². The first kappa shape index (κ1) is 17.0. The summed E-state index contributed by atoms with van der Waals surface area (Å²) in [4.78, 5) is 2.72. The third-order valence-corrected chi connectivity index (χ3v) is 4.51. The molecule has 1 aliphatic rings. The van der Waals surface area contributed by atoms with Crippen molar-refractivity contribution in [1.29, 1.82) is 0 Å². The standard InChI is InChI=1S/C17H36N2/c1-6-10-17(5,13-18-15(2)3)14-19-11-7-8-16(4)9-12-19/h15-16,18H,6-14H2,1-5H3. The molecule has 1 fully saturated rings. The predicted molar refractivity (Wildman–Crippen MR) is 85.6 cm³/mol. The van der Waals surface area contributed by atoms with Crippen LogP contribution in [0.25, 0.3) is 0 Å². The van der Waals surface area contributed by atoms with E-state index in [2.05, 4.69) is 44.8 Å². The lowest BCUT2D eigenvalue weighted by atomic mass is 9.84. The fraction of sp³-hybridized carbons (Fsp3) is 1.00. The second kappa shape index (κ2) is 8.26. The number of hydrogen-bond donors (Lipinski definition) is 1. The Morgan fingerprint density at radius 2 is 2.00 bits per heavy atom. The molecule has 0 spiro atoms. The Labute approximate surface area is 121 Å². The second-order valence-corrected chi connectivity index (χ2v) is 7.41. The van der Waals surface area contributed by atoms with Gasteiger partial charge in [-0.2, -0.15) is 0 Å². The van der Waals surface area contributed by atoms with Crippen LogP contribution in [0, 0.1) is 11.3 Å². The highest BCUT2D eigenvalue weighted by molar-refractivity contribution is 4.82. The fourth-order valence-electron chi connectivity index (χ4n) is 3.30. The maximum Gasteiger partial charge on any atom is 0.00475 e. The fourth-order valence-corrected chi connectivity index (χ4v) is 3.30. The van der Waals surface area contributed by atoms with Gasteiger partial charge in [-0.25, -0.2) is 0 Å². The zero-order valence-electron chi connectivity index (χ0n) is 14.0. The van der Waals surface area contributed by atoms with Crippen molar-refractivity contribution in [2.75, 3.05) is 26.2 Å². The van der Waals surface area contributed by atoms with Crippen LogP contribution >= 0.6 is 0 Å². The van der Waals surface area contributed by atoms with E-state index in [0.29, 0.717) is 11.5 Å². The minimum atomic E-state index is 0.437. The quantitative estimate of drug-likeness (QED) is 0.753. The molecule has 2 nitrogen and oxygen atoms in total. The van der Waals surface area contributed by atoms with E-state index >= 15 is 0 Å². The molecule has 0 aliphatic carbocycles. The molecular formula is C17H36N2. The van der Waals surface area contributed by atoms with E-state index in [-0.39, 0.29) is 0 Å². The van der Waals surface area contributed by atoms with Crippen LogP contribution in [0.5, 0.6) is 0 Å². The summed E-state index contributed by atoms with van der Waals surface area (Å²) >= 11 is 0. The van der Waals surface area contributed by atoms with Gasteiger partial charge in [0, 0.05) is 19.1 Å². The van der Waals surface area contributed by atoms with E-state index in [1.165, 1.54) is 51.7 Å². The maximum absolute atomic E-state index is 3.66. The van der Waals surface area contributed by atoms with Crippen LogP contribution in [-0.4, -0.2) is 37.1 Å². The van der Waals surface area contributed by atoms with E-state index in [4.69, 9.17) is 0 Å². The monoisotopic (exact) mass is 268 g/mol. The Hall–Kier alpha value is -0.0800. The number of rotatable bonds is 7. The van der Waals surface area contributed by atoms with Crippen molar-refractivity contribution >= 4 is 0 Å². The molecule has 1 rings (SSSR count). The largest absolute Gasteiger partial charge is 0.314 e. The van der Waals surface area contributed by atoms with Crippen LogP contribution < -0.4 is 5.32 Å². The molecule has 0 amide bonds. The summed E-state index contributed by atoms with van der Waals surface area (Å²) in [5.41, 5.74) is 0.437. The van der Waals surface area contributed by atoms with Crippen LogP contribution in [-0.2, 0) is 0 Å². The first-order valence-corrected chi connectivity index (χ1v) is 8.41. The van der Waals surface area contributed by atoms with Crippen LogP contribution in [0.2, 0.25) is 0 Å². The highest BCUT2D eigenvalue weighted by atomic mass is 15.1. The lowest BCUT2D eigenvalue weighted by Gasteiger charge is -2.36. The highest BCUT2D eigenvalue weighted by Crippen LogP contribution is 2.26. The summed E-state index contributed by atoms with van der Waals surface area (Å²) in [6, 6.07) is 0.598. The van der Waals surface area contributed by atoms with Crippen molar-refractivity contribution in [2.45, 2.75) is 72.8 Å². The molecule has 1 heterocycles. The first-order valence-electron chi connectivity index (χ1n) is 8.41. The van der Waals surface area contributed by atoms with E-state index in [1.54, 1.807) is 0 Å². The Morgan fingerprint density at radius 1 is 1.26 bits per heavy atom. The molecular weight excluding hydrogens is 232 g/mol. The smallest absolute Gasteiger partial charge is 0.00475 e. The normalized spacial score (nSPS) is 25.3. The topological polar surface area (TPSA) is 15.3 Å². The molecule has 2 heteroatoms. The first-order chi connectivity index (χ1) is 8.95. The second-order valence-electron chi connectivity index (χ2n) is 7.41. The third-order valence-electron chi connectivity index (χ3n) is 4.51. The molecule has 19 heavy (non-hydrogen) atoms. The van der Waals surface area contributed by atoms with Crippen molar-refractivity contribution in [3.05, 3.63) is 0 Å². The summed E-state index contributed by atoms with van der Waals surface area (Å²) < 4.78 is 0. The van der Waals surface area contributed by atoms with Crippen LogP contribution in [0.1, 0.15) is 66.7 Å². The van der Waals surface area contributed by atoms with Crippen molar-refractivity contribution in [3.8, 4) is 0 Å². The Bertz CT molecular complexity index is 239. The lowest BCUT2D eigenvalue weighted by molar-refractivity contribution is 0.149. The Morgan fingerprint density at radius 3 is 2.63 bits per heavy atom. The Balaban J connectivity index is 2.50. The molecule has 0 bridgehead atoms. The third kappa shape index (κ3) is 6.76. The van der Waals surface area contributed by atoms with Gasteiger partial charge in [-0.1, -0.05) is 41.0 Å². The van der Waals surface area contributed by atoms with Gasteiger partial charge < -0.3 is 10.2 Å². The van der Waals surface area contributed by atoms with Gasteiger partial charge in [0.05, 0.1) is 0 Å². The van der Waals surface area contributed by atoms with Crippen molar-refractivity contribution in [2.24, 2.45) is 11.3 Å². The number of likely N-dealkylation sites (tertiary alicyclic amines) is 1. The van der Waals surface area contributed by atoms with Crippen LogP contribution in [0.15, 0.2) is 0 Å². The Kier molecular flexibility index (Phi) is 7.38. The summed E-state index contributed by atoms with van der Waals surface area (Å²) in [5.74, 6) is 0.927. The maximum atomic E-state index is 3.66. The van der Waals surface area contributed by atoms with E-state index in [0.717, 1.165) is 12.5 Å². The van der Waals surface area contributed by atoms with Gasteiger partial charge in [-0.15, -0.1) is 0 Å². The van der Waals surface area contributed by atoms with E-state index in [1.807, 2.05) is 0 Å². The summed E-state index contributed by atoms with van der Waals surface area (Å²) in [6.07, 6.45) is 6.82. The molecule has 0 aromatic rings. The average molecular weight is 268 g/mol. The average Bonchev–Trinajstić information content (AvgIpc) is 2.52. The SMILES string of the molecule is CCCC(C)(CNC(C)C)CN1CCCC(C)CC1. The molecule has 0 radical (unpaired) electrons. The molecule has 2 atom stereocenters. The molecule has 1 aliphatic heterocycles. The zero-order valence-corrected chi connectivity index (χ0v) is 14.0. The predicted octanol–water partition coefficient (Wildman–Crippen LogP) is 3.91. The van der Waals surface area contributed by atoms with Crippen molar-refractivity contribution in [3.63, 3.8) is 0 Å². The van der Waals surface area contributed by atoms with Gasteiger partial charge in [0.2, 0.25) is 0 Å². The molecule has 0 saturated carbocycles. The molecule has 0 aromatic carbocycles. The number of nitrogens with one attached hydrogen (secondary N) is 1. The number of hydrogen-bond acceptors (Lipinski definition) is 2. The lowest BCUT2D eigenvalue weighted by Crippen LogP contribution is -2.44. The van der Waals surface area contributed by atoms with Gasteiger partial charge in [0.1, 0.15) is 0 Å². The number of nitrogens with zero attached hydrogens (tertiary/aromatic N) is 1. The molecule has 114 valence electrons. The minimum Gasteiger partial charge on any atom is -0.314 e.